The van der Waals surface area contributed by atoms with Crippen molar-refractivity contribution in [2.24, 2.45) is 0 Å². The lowest BCUT2D eigenvalue weighted by atomic mass is 9.87. The number of rotatable bonds is 1. The van der Waals surface area contributed by atoms with Gasteiger partial charge in [-0.15, -0.1) is 0 Å². The van der Waals surface area contributed by atoms with E-state index in [4.69, 9.17) is 9.47 Å². The predicted molar refractivity (Wildman–Crippen MR) is 112 cm³/mol. The lowest BCUT2D eigenvalue weighted by Gasteiger charge is -2.39. The van der Waals surface area contributed by atoms with Crippen LogP contribution in [0.1, 0.15) is 51.6 Å². The Morgan fingerprint density at radius 2 is 2.00 bits per heavy atom. The standard InChI is InChI=1S/C22H29N3O5/c1-14-17(26)6-5-16-18(14)19(27)25(13-23-16)15-11-22(29-12-15)7-9-24(10-8-22)20(28)30-21(2,3)4/h5-6,13,15,26H,7-12H2,1-4H3. The Hall–Kier alpha value is -2.61. The van der Waals surface area contributed by atoms with E-state index >= 15 is 0 Å². The number of carbonyl (C=O) groups excluding carboxylic acids is 1. The summed E-state index contributed by atoms with van der Waals surface area (Å²) < 4.78 is 13.3. The fourth-order valence-electron chi connectivity index (χ4n) is 4.40. The van der Waals surface area contributed by atoms with Crippen LogP contribution in [0.5, 0.6) is 5.75 Å². The summed E-state index contributed by atoms with van der Waals surface area (Å²) >= 11 is 0. The van der Waals surface area contributed by atoms with E-state index < -0.39 is 5.60 Å². The molecule has 1 spiro atoms. The first-order chi connectivity index (χ1) is 14.1. The summed E-state index contributed by atoms with van der Waals surface area (Å²) in [6.45, 7) is 8.87. The molecule has 0 aliphatic carbocycles. The van der Waals surface area contributed by atoms with E-state index in [0.717, 1.165) is 0 Å². The van der Waals surface area contributed by atoms with Crippen LogP contribution in [0.15, 0.2) is 23.3 Å². The van der Waals surface area contributed by atoms with E-state index in [1.165, 1.54) is 0 Å². The minimum absolute atomic E-state index is 0.0906. The Labute approximate surface area is 175 Å². The number of fused-ring (bicyclic) bond motifs is 1. The Bertz CT molecular complexity index is 1030. The quantitative estimate of drug-likeness (QED) is 0.769. The van der Waals surface area contributed by atoms with Gasteiger partial charge in [0.1, 0.15) is 11.4 Å². The average molecular weight is 415 g/mol. The van der Waals surface area contributed by atoms with Gasteiger partial charge in [-0.3, -0.25) is 9.36 Å². The van der Waals surface area contributed by atoms with Gasteiger partial charge in [-0.25, -0.2) is 9.78 Å². The maximum absolute atomic E-state index is 13.1. The molecular formula is C22H29N3O5. The summed E-state index contributed by atoms with van der Waals surface area (Å²) in [7, 11) is 0. The van der Waals surface area contributed by atoms with E-state index in [9.17, 15) is 14.7 Å². The fourth-order valence-corrected chi connectivity index (χ4v) is 4.40. The molecule has 0 radical (unpaired) electrons. The van der Waals surface area contributed by atoms with Crippen LogP contribution in [0.2, 0.25) is 0 Å². The molecule has 1 aromatic heterocycles. The third kappa shape index (κ3) is 3.76. The Morgan fingerprint density at radius 3 is 2.67 bits per heavy atom. The van der Waals surface area contributed by atoms with Gasteiger partial charge in [0.2, 0.25) is 0 Å². The molecule has 1 N–H and O–H groups in total. The Kier molecular flexibility index (Phi) is 5.00. The van der Waals surface area contributed by atoms with Crippen molar-refractivity contribution in [2.45, 2.75) is 64.2 Å². The van der Waals surface area contributed by atoms with E-state index in [1.807, 2.05) is 20.8 Å². The molecule has 162 valence electrons. The molecular weight excluding hydrogens is 386 g/mol. The van der Waals surface area contributed by atoms with Crippen LogP contribution in [0.3, 0.4) is 0 Å². The zero-order chi connectivity index (χ0) is 21.7. The lowest BCUT2D eigenvalue weighted by molar-refractivity contribution is -0.0486. The van der Waals surface area contributed by atoms with Gasteiger partial charge in [-0.2, -0.15) is 0 Å². The van der Waals surface area contributed by atoms with Gasteiger partial charge in [-0.05, 0) is 59.1 Å². The molecule has 0 saturated carbocycles. The molecule has 0 bridgehead atoms. The highest BCUT2D eigenvalue weighted by Gasteiger charge is 2.44. The molecule has 3 heterocycles. The number of nitrogens with zero attached hydrogens (tertiary/aromatic N) is 3. The molecule has 2 aliphatic rings. The molecule has 2 aromatic rings. The van der Waals surface area contributed by atoms with Gasteiger partial charge in [0, 0.05) is 18.7 Å². The van der Waals surface area contributed by atoms with Gasteiger partial charge < -0.3 is 19.5 Å². The third-order valence-electron chi connectivity index (χ3n) is 6.09. The zero-order valence-electron chi connectivity index (χ0n) is 18.0. The Balaban J connectivity index is 1.49. The second-order valence-corrected chi connectivity index (χ2v) is 9.38. The van der Waals surface area contributed by atoms with Gasteiger partial charge in [0.25, 0.3) is 5.56 Å². The van der Waals surface area contributed by atoms with Gasteiger partial charge in [-0.1, -0.05) is 0 Å². The largest absolute Gasteiger partial charge is 0.508 e. The number of hydrogen-bond donors (Lipinski definition) is 1. The van der Waals surface area contributed by atoms with Crippen molar-refractivity contribution in [3.05, 3.63) is 34.4 Å². The smallest absolute Gasteiger partial charge is 0.410 e. The summed E-state index contributed by atoms with van der Waals surface area (Å²) in [4.78, 5) is 31.6. The van der Waals surface area contributed by atoms with Crippen molar-refractivity contribution < 1.29 is 19.4 Å². The number of phenolic OH excluding ortho intramolecular Hbond substituents is 1. The highest BCUT2D eigenvalue weighted by atomic mass is 16.6. The first-order valence-corrected chi connectivity index (χ1v) is 10.4. The van der Waals surface area contributed by atoms with Crippen molar-refractivity contribution in [1.29, 1.82) is 0 Å². The monoisotopic (exact) mass is 415 g/mol. The number of hydrogen-bond acceptors (Lipinski definition) is 6. The normalized spacial score (nSPS) is 21.3. The number of benzene rings is 1. The lowest BCUT2D eigenvalue weighted by Crippen LogP contribution is -2.48. The molecule has 1 atom stereocenters. The molecule has 4 rings (SSSR count). The molecule has 1 aromatic carbocycles. The molecule has 1 amide bonds. The van der Waals surface area contributed by atoms with Crippen LogP contribution in [0.25, 0.3) is 10.9 Å². The van der Waals surface area contributed by atoms with E-state index in [0.29, 0.717) is 55.4 Å². The van der Waals surface area contributed by atoms with E-state index in [1.54, 1.807) is 34.9 Å². The number of likely N-dealkylation sites (tertiary alicyclic amines) is 1. The molecule has 1 unspecified atom stereocenters. The number of aromatic hydroxyl groups is 1. The number of piperidine rings is 1. The SMILES string of the molecule is Cc1c(O)ccc2ncn(C3COC4(CCN(C(=O)OC(C)(C)C)CC4)C3)c(=O)c12. The molecule has 2 saturated heterocycles. The van der Waals surface area contributed by atoms with Crippen LogP contribution in [-0.2, 0) is 9.47 Å². The van der Waals surface area contributed by atoms with Crippen LogP contribution < -0.4 is 5.56 Å². The number of carbonyl (C=O) groups is 1. The number of aromatic nitrogens is 2. The predicted octanol–water partition coefficient (Wildman–Crippen LogP) is 3.14. The van der Waals surface area contributed by atoms with Crippen molar-refractivity contribution in [1.82, 2.24) is 14.5 Å². The van der Waals surface area contributed by atoms with Crippen LogP contribution in [0.4, 0.5) is 4.79 Å². The van der Waals surface area contributed by atoms with E-state index in [2.05, 4.69) is 4.98 Å². The molecule has 8 nitrogen and oxygen atoms in total. The second-order valence-electron chi connectivity index (χ2n) is 9.38. The fraction of sp³-hybridized carbons (Fsp3) is 0.591. The van der Waals surface area contributed by atoms with Crippen LogP contribution in [-0.4, -0.2) is 56.5 Å². The molecule has 30 heavy (non-hydrogen) atoms. The van der Waals surface area contributed by atoms with Gasteiger partial charge in [0.15, 0.2) is 0 Å². The highest BCUT2D eigenvalue weighted by molar-refractivity contribution is 5.83. The van der Waals surface area contributed by atoms with Gasteiger partial charge >= 0.3 is 6.09 Å². The van der Waals surface area contributed by atoms with E-state index in [-0.39, 0.29) is 29.0 Å². The zero-order valence-corrected chi connectivity index (χ0v) is 18.0. The second kappa shape index (κ2) is 7.27. The first kappa shape index (κ1) is 20.7. The maximum Gasteiger partial charge on any atom is 0.410 e. The topological polar surface area (TPSA) is 93.9 Å². The van der Waals surface area contributed by atoms with Crippen molar-refractivity contribution in [2.75, 3.05) is 19.7 Å². The maximum atomic E-state index is 13.1. The molecule has 2 fully saturated rings. The van der Waals surface area contributed by atoms with Gasteiger partial charge in [0.05, 0.1) is 35.5 Å². The number of ether oxygens (including phenoxy) is 2. The van der Waals surface area contributed by atoms with Crippen LogP contribution in [0, 0.1) is 6.92 Å². The summed E-state index contributed by atoms with van der Waals surface area (Å²) in [5.74, 6) is 0.0906. The number of phenols is 1. The first-order valence-electron chi connectivity index (χ1n) is 10.4. The van der Waals surface area contributed by atoms with Crippen molar-refractivity contribution in [3.8, 4) is 5.75 Å². The van der Waals surface area contributed by atoms with Crippen LogP contribution >= 0.6 is 0 Å². The summed E-state index contributed by atoms with van der Waals surface area (Å²) in [5, 5.41) is 10.4. The highest BCUT2D eigenvalue weighted by Crippen LogP contribution is 2.40. The third-order valence-corrected chi connectivity index (χ3v) is 6.09. The minimum Gasteiger partial charge on any atom is -0.508 e. The minimum atomic E-state index is -0.516. The average Bonchev–Trinajstić information content (AvgIpc) is 3.07. The number of aryl methyl sites for hydroxylation is 1. The van der Waals surface area contributed by atoms with Crippen molar-refractivity contribution >= 4 is 17.0 Å². The Morgan fingerprint density at radius 1 is 1.30 bits per heavy atom. The molecule has 2 aliphatic heterocycles. The summed E-state index contributed by atoms with van der Waals surface area (Å²) in [6, 6.07) is 3.09. The summed E-state index contributed by atoms with van der Waals surface area (Å²) in [6.07, 6.45) is 3.39. The molecule has 8 heteroatoms. The summed E-state index contributed by atoms with van der Waals surface area (Å²) in [5.41, 5.74) is 0.0958. The number of amides is 1. The van der Waals surface area contributed by atoms with Crippen molar-refractivity contribution in [3.63, 3.8) is 0 Å².